The van der Waals surface area contributed by atoms with Gasteiger partial charge in [0.15, 0.2) is 11.5 Å². The molecule has 3 fully saturated rings. The lowest BCUT2D eigenvalue weighted by molar-refractivity contribution is -0.303. The number of hydrogen-bond acceptors (Lipinski definition) is 7. The van der Waals surface area contributed by atoms with Crippen LogP contribution in [0, 0.1) is 28.6 Å². The lowest BCUT2D eigenvalue weighted by atomic mass is 9.44. The smallest absolute Gasteiger partial charge is 0.309 e. The van der Waals surface area contributed by atoms with E-state index in [9.17, 15) is 19.5 Å². The average Bonchev–Trinajstić information content (AvgIpc) is 3.00. The normalized spacial score (nSPS) is 42.6. The van der Waals surface area contributed by atoms with E-state index in [2.05, 4.69) is 0 Å². The number of unbranched alkanes of at least 4 members (excludes halogenated alkanes) is 1. The van der Waals surface area contributed by atoms with Crippen LogP contribution in [0.4, 0.5) is 4.39 Å². The molecule has 3 saturated carbocycles. The van der Waals surface area contributed by atoms with Gasteiger partial charge in [0.25, 0.3) is 5.79 Å². The van der Waals surface area contributed by atoms with Crippen LogP contribution < -0.4 is 0 Å². The highest BCUT2D eigenvalue weighted by atomic mass is 32.2. The summed E-state index contributed by atoms with van der Waals surface area (Å²) in [7, 11) is 0. The molecule has 0 aromatic rings. The molecule has 1 N–H and O–H groups in total. The third-order valence-corrected chi connectivity index (χ3v) is 10.6. The highest BCUT2D eigenvalue weighted by Crippen LogP contribution is 2.72. The monoisotopic (exact) mass is 536 g/mol. The first-order valence-corrected chi connectivity index (χ1v) is 14.9. The Hall–Kier alpha value is -1.67. The molecular weight excluding hydrogens is 495 g/mol. The lowest BCUT2D eigenvalue weighted by Gasteiger charge is -2.63. The standard InChI is InChI=1S/C29H41FO6S/c1-7-8-9-25(34)36-29(35-18(3)31)17(2)12-23-22-11-10-19-13-21(32)14-20(16-37-6)27(19,5)28(22,30)24(33)15-26(23,29)4/h13-14,17,22-24,33H,7-12,15-16H2,1-6H3/t17-,22?,23?,24-,26?,27?,28-,29+/m0/s1. The Labute approximate surface area is 223 Å². The molecule has 4 aliphatic carbocycles. The molecule has 0 spiro atoms. The highest BCUT2D eigenvalue weighted by Gasteiger charge is 2.77. The number of aliphatic hydroxyl groups excluding tert-OH is 1. The molecule has 37 heavy (non-hydrogen) atoms. The highest BCUT2D eigenvalue weighted by molar-refractivity contribution is 7.98. The number of aliphatic hydroxyl groups is 1. The first kappa shape index (κ1) is 28.3. The minimum absolute atomic E-state index is 0.0211. The molecular formula is C29H41FO6S. The molecule has 0 bridgehead atoms. The second kappa shape index (κ2) is 9.82. The molecule has 8 heteroatoms. The largest absolute Gasteiger partial charge is 0.422 e. The van der Waals surface area contributed by atoms with Gasteiger partial charge >= 0.3 is 11.9 Å². The van der Waals surface area contributed by atoms with Gasteiger partial charge in [0.05, 0.1) is 11.5 Å². The van der Waals surface area contributed by atoms with Crippen molar-refractivity contribution in [2.24, 2.45) is 28.6 Å². The summed E-state index contributed by atoms with van der Waals surface area (Å²) in [4.78, 5) is 37.8. The molecule has 0 saturated heterocycles. The molecule has 8 atom stereocenters. The number of rotatable bonds is 7. The van der Waals surface area contributed by atoms with E-state index in [1.165, 1.54) is 18.7 Å². The van der Waals surface area contributed by atoms with Crippen molar-refractivity contribution >= 4 is 29.5 Å². The number of halogens is 1. The summed E-state index contributed by atoms with van der Waals surface area (Å²) in [6.07, 6.45) is 6.78. The minimum atomic E-state index is -2.01. The Morgan fingerprint density at radius 2 is 1.92 bits per heavy atom. The third-order valence-electron chi connectivity index (χ3n) is 10.0. The quantitative estimate of drug-likeness (QED) is 0.347. The zero-order valence-corrected chi connectivity index (χ0v) is 23.7. The molecule has 6 nitrogen and oxygen atoms in total. The zero-order valence-electron chi connectivity index (χ0n) is 22.9. The second-order valence-corrected chi connectivity index (χ2v) is 12.8. The summed E-state index contributed by atoms with van der Waals surface area (Å²) in [6, 6.07) is 0. The van der Waals surface area contributed by atoms with Crippen molar-refractivity contribution in [3.63, 3.8) is 0 Å². The molecule has 0 radical (unpaired) electrons. The van der Waals surface area contributed by atoms with E-state index in [1.807, 2.05) is 34.0 Å². The van der Waals surface area contributed by atoms with Gasteiger partial charge in [-0.05, 0) is 68.9 Å². The van der Waals surface area contributed by atoms with Crippen molar-refractivity contribution in [1.82, 2.24) is 0 Å². The Morgan fingerprint density at radius 3 is 2.54 bits per heavy atom. The van der Waals surface area contributed by atoms with E-state index >= 15 is 4.39 Å². The van der Waals surface area contributed by atoms with E-state index in [4.69, 9.17) is 9.47 Å². The summed E-state index contributed by atoms with van der Waals surface area (Å²) in [5.74, 6) is -3.44. The van der Waals surface area contributed by atoms with Crippen molar-refractivity contribution in [1.29, 1.82) is 0 Å². The molecule has 0 aromatic carbocycles. The fraction of sp³-hybridized carbons (Fsp3) is 0.759. The number of allylic oxidation sites excluding steroid dienone is 3. The summed E-state index contributed by atoms with van der Waals surface area (Å²) in [5, 5.41) is 11.8. The van der Waals surface area contributed by atoms with Gasteiger partial charge in [0.1, 0.15) is 0 Å². The first-order valence-electron chi connectivity index (χ1n) is 13.5. The molecule has 4 rings (SSSR count). The number of fused-ring (bicyclic) bond motifs is 5. The number of ether oxygens (including phenoxy) is 2. The van der Waals surface area contributed by atoms with Crippen LogP contribution in [-0.4, -0.2) is 52.4 Å². The Bertz CT molecular complexity index is 1040. The number of carbonyl (C=O) groups excluding carboxylic acids is 3. The van der Waals surface area contributed by atoms with Crippen molar-refractivity contribution in [2.75, 3.05) is 12.0 Å². The van der Waals surface area contributed by atoms with E-state index in [0.29, 0.717) is 37.0 Å². The van der Waals surface area contributed by atoms with Crippen LogP contribution >= 0.6 is 11.8 Å². The Morgan fingerprint density at radius 1 is 1.22 bits per heavy atom. The van der Waals surface area contributed by atoms with E-state index in [0.717, 1.165) is 12.0 Å². The van der Waals surface area contributed by atoms with Crippen molar-refractivity contribution in [3.05, 3.63) is 23.3 Å². The van der Waals surface area contributed by atoms with Crippen LogP contribution in [0.2, 0.25) is 0 Å². The lowest BCUT2D eigenvalue weighted by Crippen LogP contribution is -2.70. The van der Waals surface area contributed by atoms with Crippen molar-refractivity contribution in [3.8, 4) is 0 Å². The van der Waals surface area contributed by atoms with E-state index in [-0.39, 0.29) is 30.5 Å². The van der Waals surface area contributed by atoms with Crippen molar-refractivity contribution in [2.45, 2.75) is 97.1 Å². The fourth-order valence-corrected chi connectivity index (χ4v) is 8.96. The number of esters is 2. The maximum absolute atomic E-state index is 17.8. The predicted octanol–water partition coefficient (Wildman–Crippen LogP) is 5.33. The molecule has 4 unspecified atom stereocenters. The van der Waals surface area contributed by atoms with Gasteiger partial charge in [-0.15, -0.1) is 0 Å². The number of carbonyl (C=O) groups is 3. The number of hydrogen-bond donors (Lipinski definition) is 1. The van der Waals surface area contributed by atoms with Gasteiger partial charge in [-0.2, -0.15) is 11.8 Å². The summed E-state index contributed by atoms with van der Waals surface area (Å²) in [5.41, 5.74) is -2.64. The number of thioether (sulfide) groups is 1. The molecule has 4 aliphatic rings. The molecule has 0 aromatic heterocycles. The van der Waals surface area contributed by atoms with Gasteiger partial charge in [-0.25, -0.2) is 4.39 Å². The van der Waals surface area contributed by atoms with Gasteiger partial charge in [-0.3, -0.25) is 14.4 Å². The molecule has 0 heterocycles. The van der Waals surface area contributed by atoms with Gasteiger partial charge in [-0.1, -0.05) is 32.8 Å². The maximum Gasteiger partial charge on any atom is 0.309 e. The summed E-state index contributed by atoms with van der Waals surface area (Å²) in [6.45, 7) is 8.89. The fourth-order valence-electron chi connectivity index (χ4n) is 8.28. The summed E-state index contributed by atoms with van der Waals surface area (Å²) < 4.78 is 29.8. The average molecular weight is 537 g/mol. The zero-order chi connectivity index (χ0) is 27.4. The van der Waals surface area contributed by atoms with Crippen LogP contribution in [-0.2, 0) is 23.9 Å². The molecule has 206 valence electrons. The van der Waals surface area contributed by atoms with Crippen LogP contribution in [0.5, 0.6) is 0 Å². The van der Waals surface area contributed by atoms with E-state index < -0.39 is 46.2 Å². The van der Waals surface area contributed by atoms with Gasteiger partial charge in [0.2, 0.25) is 0 Å². The first-order chi connectivity index (χ1) is 17.3. The van der Waals surface area contributed by atoms with Gasteiger partial charge < -0.3 is 14.6 Å². The Kier molecular flexibility index (Phi) is 7.52. The number of ketones is 1. The number of alkyl halides is 1. The summed E-state index contributed by atoms with van der Waals surface area (Å²) >= 11 is 1.53. The third kappa shape index (κ3) is 3.95. The topological polar surface area (TPSA) is 89.9 Å². The minimum Gasteiger partial charge on any atom is -0.422 e. The Balaban J connectivity index is 1.81. The van der Waals surface area contributed by atoms with Crippen LogP contribution in [0.1, 0.15) is 79.6 Å². The van der Waals surface area contributed by atoms with E-state index in [1.54, 1.807) is 12.2 Å². The second-order valence-electron chi connectivity index (χ2n) is 11.9. The van der Waals surface area contributed by atoms with Crippen LogP contribution in [0.25, 0.3) is 0 Å². The van der Waals surface area contributed by atoms with Gasteiger partial charge in [0, 0.05) is 36.3 Å². The SMILES string of the molecule is CCCCC(=O)O[C@]1(OC(C)=O)[C@@H](C)CC2C3CCC4=CC(=O)C=C(CSC)C4(C)[C@@]3(F)[C@@H](O)CC21C. The van der Waals surface area contributed by atoms with Crippen molar-refractivity contribution < 1.29 is 33.4 Å². The van der Waals surface area contributed by atoms with Crippen LogP contribution in [0.3, 0.4) is 0 Å². The molecule has 0 aliphatic heterocycles. The molecule has 0 amide bonds. The maximum atomic E-state index is 17.8. The van der Waals surface area contributed by atoms with Crippen LogP contribution in [0.15, 0.2) is 23.3 Å². The predicted molar refractivity (Wildman–Crippen MR) is 140 cm³/mol.